The Kier molecular flexibility index (Phi) is 3.78. The quantitative estimate of drug-likeness (QED) is 0.777. The summed E-state index contributed by atoms with van der Waals surface area (Å²) < 4.78 is 28.8. The Morgan fingerprint density at radius 1 is 1.04 bits per heavy atom. The largest absolute Gasteiger partial charge is 0.263 e. The van der Waals surface area contributed by atoms with Gasteiger partial charge in [-0.3, -0.25) is 4.72 Å². The summed E-state index contributed by atoms with van der Waals surface area (Å²) in [6, 6.07) is 6.43. The topological polar surface area (TPSA) is 103 Å². The Morgan fingerprint density at radius 3 is 2.57 bits per heavy atom. The van der Waals surface area contributed by atoms with E-state index in [0.717, 1.165) is 11.1 Å². The molecule has 0 bridgehead atoms. The van der Waals surface area contributed by atoms with Crippen LogP contribution >= 0.6 is 0 Å². The highest BCUT2D eigenvalue weighted by atomic mass is 32.2. The van der Waals surface area contributed by atoms with Crippen LogP contribution in [-0.4, -0.2) is 33.2 Å². The maximum atomic E-state index is 12.5. The number of anilines is 1. The zero-order chi connectivity index (χ0) is 16.4. The second-order valence-corrected chi connectivity index (χ2v) is 6.64. The molecule has 0 unspecified atom stereocenters. The maximum Gasteiger partial charge on any atom is 0.263 e. The highest BCUT2D eigenvalue weighted by molar-refractivity contribution is 7.92. The molecular weight excluding hydrogens is 316 g/mol. The van der Waals surface area contributed by atoms with Crippen LogP contribution in [0.25, 0.3) is 5.82 Å². The van der Waals surface area contributed by atoms with Gasteiger partial charge >= 0.3 is 0 Å². The van der Waals surface area contributed by atoms with E-state index in [1.165, 1.54) is 29.7 Å². The van der Waals surface area contributed by atoms with E-state index in [2.05, 4.69) is 24.8 Å². The molecule has 0 fully saturated rings. The smallest absolute Gasteiger partial charge is 0.263 e. The summed E-state index contributed by atoms with van der Waals surface area (Å²) in [7, 11) is -3.72. The molecule has 2 aromatic heterocycles. The number of nitrogens with zero attached hydrogens (tertiary/aromatic N) is 5. The molecule has 0 spiro atoms. The van der Waals surface area contributed by atoms with Gasteiger partial charge in [-0.2, -0.15) is 5.10 Å². The lowest BCUT2D eigenvalue weighted by molar-refractivity contribution is 0.601. The molecule has 0 aliphatic rings. The number of aromatic nitrogens is 5. The van der Waals surface area contributed by atoms with Crippen molar-refractivity contribution >= 4 is 15.8 Å². The van der Waals surface area contributed by atoms with Crippen LogP contribution in [0.4, 0.5) is 5.82 Å². The van der Waals surface area contributed by atoms with Crippen molar-refractivity contribution in [1.29, 1.82) is 0 Å². The van der Waals surface area contributed by atoms with Gasteiger partial charge in [0.2, 0.25) is 0 Å². The molecule has 2 heterocycles. The van der Waals surface area contributed by atoms with Gasteiger partial charge in [-0.1, -0.05) is 6.07 Å². The minimum atomic E-state index is -3.72. The van der Waals surface area contributed by atoms with Crippen LogP contribution in [0, 0.1) is 13.8 Å². The molecule has 0 saturated heterocycles. The fraction of sp³-hybridized carbons (Fsp3) is 0.143. The third-order valence-corrected chi connectivity index (χ3v) is 4.69. The Bertz CT molecular complexity index is 938. The first-order chi connectivity index (χ1) is 11.0. The van der Waals surface area contributed by atoms with Gasteiger partial charge in [-0.05, 0) is 37.1 Å². The molecule has 3 aromatic rings. The van der Waals surface area contributed by atoms with Crippen LogP contribution < -0.4 is 4.72 Å². The third-order valence-electron chi connectivity index (χ3n) is 3.33. The van der Waals surface area contributed by atoms with E-state index in [9.17, 15) is 8.42 Å². The lowest BCUT2D eigenvalue weighted by atomic mass is 10.1. The zero-order valence-corrected chi connectivity index (χ0v) is 13.3. The van der Waals surface area contributed by atoms with E-state index in [1.54, 1.807) is 18.2 Å². The highest BCUT2D eigenvalue weighted by Crippen LogP contribution is 2.18. The van der Waals surface area contributed by atoms with Crippen molar-refractivity contribution in [3.05, 3.63) is 54.4 Å². The number of rotatable bonds is 4. The van der Waals surface area contributed by atoms with Gasteiger partial charge in [0, 0.05) is 6.07 Å². The fourth-order valence-electron chi connectivity index (χ4n) is 1.93. The molecule has 0 aliphatic carbocycles. The Morgan fingerprint density at radius 2 is 1.87 bits per heavy atom. The summed E-state index contributed by atoms with van der Waals surface area (Å²) in [4.78, 5) is 12.0. The molecule has 1 aromatic carbocycles. The number of benzene rings is 1. The van der Waals surface area contributed by atoms with Gasteiger partial charge in [0.1, 0.15) is 24.8 Å². The lowest BCUT2D eigenvalue weighted by Gasteiger charge is -2.09. The fourth-order valence-corrected chi connectivity index (χ4v) is 3.02. The van der Waals surface area contributed by atoms with Gasteiger partial charge in [0.25, 0.3) is 10.0 Å². The molecule has 23 heavy (non-hydrogen) atoms. The minimum absolute atomic E-state index is 0.156. The first kappa shape index (κ1) is 15.1. The monoisotopic (exact) mass is 330 g/mol. The highest BCUT2D eigenvalue weighted by Gasteiger charge is 2.16. The first-order valence-electron chi connectivity index (χ1n) is 6.73. The van der Waals surface area contributed by atoms with Crippen molar-refractivity contribution in [2.45, 2.75) is 18.7 Å². The van der Waals surface area contributed by atoms with Gasteiger partial charge in [-0.25, -0.2) is 28.1 Å². The third kappa shape index (κ3) is 3.19. The van der Waals surface area contributed by atoms with Crippen molar-refractivity contribution in [2.75, 3.05) is 4.72 Å². The predicted molar refractivity (Wildman–Crippen MR) is 83.7 cm³/mol. The van der Waals surface area contributed by atoms with Crippen molar-refractivity contribution < 1.29 is 8.42 Å². The van der Waals surface area contributed by atoms with Crippen LogP contribution in [0.3, 0.4) is 0 Å². The molecule has 1 N–H and O–H groups in total. The summed E-state index contributed by atoms with van der Waals surface area (Å²) in [6.07, 6.45) is 4.08. The van der Waals surface area contributed by atoms with Crippen molar-refractivity contribution in [3.63, 3.8) is 0 Å². The SMILES string of the molecule is Cc1ccc(S(=O)(=O)Nc2cc(-n3cncn3)ncn2)cc1C. The number of aryl methyl sites for hydroxylation is 2. The minimum Gasteiger partial charge on any atom is -0.263 e. The molecule has 3 rings (SSSR count). The lowest BCUT2D eigenvalue weighted by Crippen LogP contribution is -2.15. The maximum absolute atomic E-state index is 12.5. The molecule has 9 heteroatoms. The number of sulfonamides is 1. The van der Waals surface area contributed by atoms with E-state index in [4.69, 9.17) is 0 Å². The Labute approximate surface area is 133 Å². The van der Waals surface area contributed by atoms with Crippen LogP contribution in [0.1, 0.15) is 11.1 Å². The molecule has 0 saturated carbocycles. The molecule has 0 aliphatic heterocycles. The molecule has 8 nitrogen and oxygen atoms in total. The van der Waals surface area contributed by atoms with Gasteiger partial charge in [0.15, 0.2) is 5.82 Å². The van der Waals surface area contributed by atoms with Crippen LogP contribution in [0.5, 0.6) is 0 Å². The summed E-state index contributed by atoms with van der Waals surface area (Å²) in [5.74, 6) is 0.569. The van der Waals surface area contributed by atoms with Crippen LogP contribution in [0.15, 0.2) is 48.1 Å². The van der Waals surface area contributed by atoms with E-state index in [0.29, 0.717) is 5.82 Å². The Balaban J connectivity index is 1.91. The molecule has 118 valence electrons. The summed E-state index contributed by atoms with van der Waals surface area (Å²) in [5, 5.41) is 3.94. The molecular formula is C14H14N6O2S. The van der Waals surface area contributed by atoms with E-state index < -0.39 is 10.0 Å². The zero-order valence-electron chi connectivity index (χ0n) is 12.5. The van der Waals surface area contributed by atoms with Crippen molar-refractivity contribution in [3.8, 4) is 5.82 Å². The summed E-state index contributed by atoms with van der Waals surface area (Å²) in [5.41, 5.74) is 1.93. The predicted octanol–water partition coefficient (Wildman–Crippen LogP) is 1.47. The molecule has 0 radical (unpaired) electrons. The van der Waals surface area contributed by atoms with Crippen LogP contribution in [-0.2, 0) is 10.0 Å². The van der Waals surface area contributed by atoms with E-state index >= 15 is 0 Å². The average Bonchev–Trinajstić information content (AvgIpc) is 3.04. The van der Waals surface area contributed by atoms with Gasteiger partial charge in [-0.15, -0.1) is 0 Å². The standard InChI is InChI=1S/C14H14N6O2S/c1-10-3-4-12(5-11(10)2)23(21,22)19-13-6-14(17-8-16-13)20-9-15-7-18-20/h3-9H,1-2H3,(H,16,17,19). The first-order valence-corrected chi connectivity index (χ1v) is 8.21. The second-order valence-electron chi connectivity index (χ2n) is 4.95. The molecule has 0 amide bonds. The number of hydrogen-bond donors (Lipinski definition) is 1. The van der Waals surface area contributed by atoms with Crippen molar-refractivity contribution in [1.82, 2.24) is 24.7 Å². The van der Waals surface area contributed by atoms with Crippen LogP contribution in [0.2, 0.25) is 0 Å². The van der Waals surface area contributed by atoms with Gasteiger partial charge in [0.05, 0.1) is 4.90 Å². The normalized spacial score (nSPS) is 11.4. The number of hydrogen-bond acceptors (Lipinski definition) is 6. The van der Waals surface area contributed by atoms with Crippen molar-refractivity contribution in [2.24, 2.45) is 0 Å². The van der Waals surface area contributed by atoms with E-state index in [-0.39, 0.29) is 10.7 Å². The average molecular weight is 330 g/mol. The van der Waals surface area contributed by atoms with Gasteiger partial charge < -0.3 is 0 Å². The second kappa shape index (κ2) is 5.76. The molecule has 0 atom stereocenters. The Hall–Kier alpha value is -2.81. The summed E-state index contributed by atoms with van der Waals surface area (Å²) >= 11 is 0. The summed E-state index contributed by atoms with van der Waals surface area (Å²) in [6.45, 7) is 3.79. The number of nitrogens with one attached hydrogen (secondary N) is 1. The van der Waals surface area contributed by atoms with E-state index in [1.807, 2.05) is 13.8 Å².